The summed E-state index contributed by atoms with van der Waals surface area (Å²) >= 11 is 0. The molecule has 0 aliphatic carbocycles. The van der Waals surface area contributed by atoms with E-state index in [2.05, 4.69) is 5.32 Å². The van der Waals surface area contributed by atoms with Crippen LogP contribution in [-0.2, 0) is 9.53 Å². The van der Waals surface area contributed by atoms with Crippen molar-refractivity contribution in [1.29, 1.82) is 0 Å². The highest BCUT2D eigenvalue weighted by molar-refractivity contribution is 5.98. The van der Waals surface area contributed by atoms with Crippen LogP contribution in [0.1, 0.15) is 36.0 Å². The van der Waals surface area contributed by atoms with Crippen molar-refractivity contribution in [2.45, 2.75) is 25.7 Å². The van der Waals surface area contributed by atoms with Crippen molar-refractivity contribution in [3.63, 3.8) is 0 Å². The lowest BCUT2D eigenvalue weighted by molar-refractivity contribution is -0.149. The molecule has 0 aromatic heterocycles. The smallest absolute Gasteiger partial charge is 0.231 e. The van der Waals surface area contributed by atoms with Gasteiger partial charge in [0, 0.05) is 31.7 Å². The number of methoxy groups -OCH3 is 1. The van der Waals surface area contributed by atoms with Crippen LogP contribution in [0.3, 0.4) is 0 Å². The summed E-state index contributed by atoms with van der Waals surface area (Å²) in [6, 6.07) is 5.67. The van der Waals surface area contributed by atoms with Crippen molar-refractivity contribution >= 4 is 24.1 Å². The van der Waals surface area contributed by atoms with Crippen LogP contribution in [0.25, 0.3) is 0 Å². The molecular formula is C20H28ClFN2O3. The Morgan fingerprint density at radius 2 is 1.93 bits per heavy atom. The number of likely N-dealkylation sites (tertiary alicyclic amines) is 1. The SMILES string of the molecule is COCC1(C(=O)N2CCCC(C(=O)c3ccc(F)cc3)C2)CCNCC1.Cl. The number of rotatable bonds is 5. The zero-order chi connectivity index (χ0) is 18.6. The van der Waals surface area contributed by atoms with Crippen LogP contribution in [0.15, 0.2) is 24.3 Å². The Kier molecular flexibility index (Phi) is 7.77. The lowest BCUT2D eigenvalue weighted by Crippen LogP contribution is -2.54. The molecule has 2 aliphatic heterocycles. The molecule has 7 heteroatoms. The van der Waals surface area contributed by atoms with E-state index in [0.717, 1.165) is 38.8 Å². The molecule has 1 amide bonds. The summed E-state index contributed by atoms with van der Waals surface area (Å²) in [5.74, 6) is -0.472. The van der Waals surface area contributed by atoms with E-state index in [1.165, 1.54) is 24.3 Å². The van der Waals surface area contributed by atoms with Crippen LogP contribution in [0.5, 0.6) is 0 Å². The van der Waals surface area contributed by atoms with E-state index in [1.807, 2.05) is 4.90 Å². The van der Waals surface area contributed by atoms with Gasteiger partial charge in [0.15, 0.2) is 5.78 Å². The minimum Gasteiger partial charge on any atom is -0.384 e. The predicted molar refractivity (Wildman–Crippen MR) is 104 cm³/mol. The molecule has 1 atom stereocenters. The summed E-state index contributed by atoms with van der Waals surface area (Å²) in [4.78, 5) is 27.9. The van der Waals surface area contributed by atoms with Gasteiger partial charge in [0.2, 0.25) is 5.91 Å². The van der Waals surface area contributed by atoms with Crippen LogP contribution in [-0.4, -0.2) is 56.5 Å². The number of hydrogen-bond donors (Lipinski definition) is 1. The van der Waals surface area contributed by atoms with Gasteiger partial charge < -0.3 is 15.0 Å². The van der Waals surface area contributed by atoms with Gasteiger partial charge in [-0.15, -0.1) is 12.4 Å². The summed E-state index contributed by atoms with van der Waals surface area (Å²) < 4.78 is 18.5. The third-order valence-electron chi connectivity index (χ3n) is 5.64. The first-order valence-corrected chi connectivity index (χ1v) is 9.34. The van der Waals surface area contributed by atoms with Crippen molar-refractivity contribution in [3.05, 3.63) is 35.6 Å². The fraction of sp³-hybridized carbons (Fsp3) is 0.600. The van der Waals surface area contributed by atoms with Crippen LogP contribution < -0.4 is 5.32 Å². The zero-order valence-electron chi connectivity index (χ0n) is 15.7. The topological polar surface area (TPSA) is 58.6 Å². The second kappa shape index (κ2) is 9.62. The van der Waals surface area contributed by atoms with E-state index in [9.17, 15) is 14.0 Å². The Balaban J connectivity index is 0.00000261. The number of benzene rings is 1. The third kappa shape index (κ3) is 4.86. The van der Waals surface area contributed by atoms with Gasteiger partial charge in [0.1, 0.15) is 5.82 Å². The molecule has 2 saturated heterocycles. The standard InChI is InChI=1S/C20H27FN2O3.ClH/c1-26-14-20(8-10-22-11-9-20)19(25)23-12-2-3-16(13-23)18(24)15-4-6-17(21)7-5-15;/h4-7,16,22H,2-3,8-14H2,1H3;1H. The van der Waals surface area contributed by atoms with Gasteiger partial charge in [-0.05, 0) is 63.0 Å². The van der Waals surface area contributed by atoms with E-state index >= 15 is 0 Å². The fourth-order valence-corrected chi connectivity index (χ4v) is 4.16. The summed E-state index contributed by atoms with van der Waals surface area (Å²) in [5, 5.41) is 3.30. The van der Waals surface area contributed by atoms with Crippen molar-refractivity contribution < 1.29 is 18.7 Å². The molecule has 27 heavy (non-hydrogen) atoms. The van der Waals surface area contributed by atoms with Gasteiger partial charge in [-0.1, -0.05) is 0 Å². The number of nitrogens with one attached hydrogen (secondary N) is 1. The van der Waals surface area contributed by atoms with Crippen LogP contribution in [0, 0.1) is 17.2 Å². The minimum absolute atomic E-state index is 0. The molecule has 0 bridgehead atoms. The maximum atomic E-state index is 13.3. The highest BCUT2D eigenvalue weighted by Gasteiger charge is 2.43. The van der Waals surface area contributed by atoms with Gasteiger partial charge in [-0.2, -0.15) is 0 Å². The molecule has 0 spiro atoms. The number of piperidine rings is 2. The van der Waals surface area contributed by atoms with Gasteiger partial charge in [-0.25, -0.2) is 4.39 Å². The van der Waals surface area contributed by atoms with Crippen molar-refractivity contribution in [1.82, 2.24) is 10.2 Å². The molecule has 2 heterocycles. The highest BCUT2D eigenvalue weighted by atomic mass is 35.5. The van der Waals surface area contributed by atoms with E-state index in [-0.39, 0.29) is 35.8 Å². The zero-order valence-corrected chi connectivity index (χ0v) is 16.5. The predicted octanol–water partition coefficient (Wildman–Crippen LogP) is 2.69. The molecule has 1 aromatic carbocycles. The lowest BCUT2D eigenvalue weighted by atomic mass is 9.77. The molecule has 5 nitrogen and oxygen atoms in total. The molecular weight excluding hydrogens is 371 g/mol. The minimum atomic E-state index is -0.485. The lowest BCUT2D eigenvalue weighted by Gasteiger charge is -2.42. The third-order valence-corrected chi connectivity index (χ3v) is 5.64. The molecule has 2 aliphatic rings. The molecule has 150 valence electrons. The second-order valence-electron chi connectivity index (χ2n) is 7.42. The van der Waals surface area contributed by atoms with Crippen LogP contribution in [0.2, 0.25) is 0 Å². The Hall–Kier alpha value is -1.50. The number of Topliss-reactive ketones (excluding diaryl/α,β-unsaturated/α-hetero) is 1. The summed E-state index contributed by atoms with van der Waals surface area (Å²) in [6.45, 7) is 3.15. The first-order chi connectivity index (χ1) is 12.6. The summed E-state index contributed by atoms with van der Waals surface area (Å²) in [5.41, 5.74) is 0.0278. The number of carbonyl (C=O) groups excluding carboxylic acids is 2. The molecule has 0 saturated carbocycles. The average molecular weight is 399 g/mol. The number of hydrogen-bond acceptors (Lipinski definition) is 4. The maximum absolute atomic E-state index is 13.3. The van der Waals surface area contributed by atoms with Gasteiger partial charge in [0.05, 0.1) is 12.0 Å². The van der Waals surface area contributed by atoms with Crippen molar-refractivity contribution in [2.75, 3.05) is 39.9 Å². The number of ether oxygens (including phenoxy) is 1. The van der Waals surface area contributed by atoms with E-state index in [4.69, 9.17) is 4.74 Å². The summed E-state index contributed by atoms with van der Waals surface area (Å²) in [6.07, 6.45) is 3.09. The Morgan fingerprint density at radius 3 is 2.56 bits per heavy atom. The number of halogens is 2. The van der Waals surface area contributed by atoms with Gasteiger partial charge >= 0.3 is 0 Å². The second-order valence-corrected chi connectivity index (χ2v) is 7.42. The van der Waals surface area contributed by atoms with Crippen LogP contribution >= 0.6 is 12.4 Å². The first-order valence-electron chi connectivity index (χ1n) is 9.34. The monoisotopic (exact) mass is 398 g/mol. The number of amides is 1. The number of nitrogens with zero attached hydrogens (tertiary/aromatic N) is 1. The molecule has 1 aromatic rings. The molecule has 0 radical (unpaired) electrons. The Morgan fingerprint density at radius 1 is 1.26 bits per heavy atom. The molecule has 1 unspecified atom stereocenters. The maximum Gasteiger partial charge on any atom is 0.231 e. The summed E-state index contributed by atoms with van der Waals surface area (Å²) in [7, 11) is 1.63. The molecule has 2 fully saturated rings. The van der Waals surface area contributed by atoms with E-state index < -0.39 is 5.41 Å². The van der Waals surface area contributed by atoms with Gasteiger partial charge in [-0.3, -0.25) is 9.59 Å². The van der Waals surface area contributed by atoms with Crippen molar-refractivity contribution in [3.8, 4) is 0 Å². The Bertz CT molecular complexity index is 642. The first kappa shape index (κ1) is 21.8. The number of carbonyl (C=O) groups is 2. The number of ketones is 1. The van der Waals surface area contributed by atoms with E-state index in [1.54, 1.807) is 7.11 Å². The quantitative estimate of drug-likeness (QED) is 0.775. The average Bonchev–Trinajstić information content (AvgIpc) is 2.68. The normalized spacial score (nSPS) is 22.0. The Labute approximate surface area is 166 Å². The molecule has 1 N–H and O–H groups in total. The largest absolute Gasteiger partial charge is 0.384 e. The fourth-order valence-electron chi connectivity index (χ4n) is 4.16. The highest BCUT2D eigenvalue weighted by Crippen LogP contribution is 2.33. The van der Waals surface area contributed by atoms with E-state index in [0.29, 0.717) is 25.3 Å². The molecule has 3 rings (SSSR count). The van der Waals surface area contributed by atoms with Crippen LogP contribution in [0.4, 0.5) is 4.39 Å². The van der Waals surface area contributed by atoms with Gasteiger partial charge in [0.25, 0.3) is 0 Å². The van der Waals surface area contributed by atoms with Crippen molar-refractivity contribution in [2.24, 2.45) is 11.3 Å².